The van der Waals surface area contributed by atoms with Crippen molar-refractivity contribution in [3.63, 3.8) is 0 Å². The number of aromatic nitrogens is 2. The summed E-state index contributed by atoms with van der Waals surface area (Å²) >= 11 is 3.41. The van der Waals surface area contributed by atoms with Crippen LogP contribution in [0.5, 0.6) is 0 Å². The van der Waals surface area contributed by atoms with Crippen molar-refractivity contribution in [3.05, 3.63) is 70.0 Å². The second kappa shape index (κ2) is 8.49. The molecule has 1 aliphatic heterocycles. The summed E-state index contributed by atoms with van der Waals surface area (Å²) < 4.78 is 6.54. The maximum Gasteiger partial charge on any atom is 0.253 e. The Balaban J connectivity index is 1.47. The second-order valence-electron chi connectivity index (χ2n) is 7.83. The van der Waals surface area contributed by atoms with Gasteiger partial charge in [0.15, 0.2) is 0 Å². The first kappa shape index (κ1) is 19.8. The molecule has 0 N–H and O–H groups in total. The van der Waals surface area contributed by atoms with E-state index in [0.717, 1.165) is 29.4 Å². The van der Waals surface area contributed by atoms with E-state index >= 15 is 0 Å². The van der Waals surface area contributed by atoms with E-state index in [1.165, 1.54) is 5.56 Å². The molecule has 0 spiro atoms. The molecule has 1 aliphatic rings. The quantitative estimate of drug-likeness (QED) is 0.512. The van der Waals surface area contributed by atoms with Crippen LogP contribution in [0.25, 0.3) is 11.4 Å². The standard InChI is InChI=1S/C23H24BrN3O2/c1-15(2)16-5-7-17(8-6-16)21-25-22(29-26-21)19-4-3-13-27(14-19)23(28)18-9-11-20(24)12-10-18/h5-12,15,19H,3-4,13-14H2,1-2H3/t19-/m0/s1. The van der Waals surface area contributed by atoms with Crippen LogP contribution in [0, 0.1) is 0 Å². The Morgan fingerprint density at radius 3 is 2.55 bits per heavy atom. The zero-order valence-electron chi connectivity index (χ0n) is 16.6. The van der Waals surface area contributed by atoms with E-state index in [9.17, 15) is 4.79 Å². The summed E-state index contributed by atoms with van der Waals surface area (Å²) in [4.78, 5) is 19.4. The highest BCUT2D eigenvalue weighted by molar-refractivity contribution is 9.10. The van der Waals surface area contributed by atoms with Crippen molar-refractivity contribution < 1.29 is 9.32 Å². The fourth-order valence-electron chi connectivity index (χ4n) is 3.67. The van der Waals surface area contributed by atoms with Crippen LogP contribution in [0.4, 0.5) is 0 Å². The lowest BCUT2D eigenvalue weighted by molar-refractivity contribution is 0.0695. The molecule has 0 aliphatic carbocycles. The maximum absolute atomic E-state index is 12.8. The molecule has 1 aromatic heterocycles. The van der Waals surface area contributed by atoms with Crippen LogP contribution < -0.4 is 0 Å². The number of amides is 1. The van der Waals surface area contributed by atoms with Crippen LogP contribution in [0.15, 0.2) is 57.5 Å². The molecule has 0 saturated carbocycles. The number of halogens is 1. The van der Waals surface area contributed by atoms with Gasteiger partial charge in [-0.05, 0) is 48.6 Å². The number of carbonyl (C=O) groups excluding carboxylic acids is 1. The number of carbonyl (C=O) groups is 1. The van der Waals surface area contributed by atoms with Crippen LogP contribution in [0.3, 0.4) is 0 Å². The van der Waals surface area contributed by atoms with E-state index in [1.54, 1.807) is 0 Å². The molecule has 0 unspecified atom stereocenters. The number of benzene rings is 2. The molecule has 0 bridgehead atoms. The predicted molar refractivity (Wildman–Crippen MR) is 116 cm³/mol. The fourth-order valence-corrected chi connectivity index (χ4v) is 3.94. The van der Waals surface area contributed by atoms with Gasteiger partial charge in [0.25, 0.3) is 5.91 Å². The van der Waals surface area contributed by atoms with E-state index in [-0.39, 0.29) is 11.8 Å². The number of likely N-dealkylation sites (tertiary alicyclic amines) is 1. The van der Waals surface area contributed by atoms with E-state index < -0.39 is 0 Å². The van der Waals surface area contributed by atoms with Crippen LogP contribution in [-0.4, -0.2) is 34.0 Å². The zero-order valence-corrected chi connectivity index (χ0v) is 18.2. The van der Waals surface area contributed by atoms with Crippen molar-refractivity contribution in [1.29, 1.82) is 0 Å². The third kappa shape index (κ3) is 4.42. The summed E-state index contributed by atoms with van der Waals surface area (Å²) in [6, 6.07) is 15.8. The van der Waals surface area contributed by atoms with Crippen molar-refractivity contribution in [3.8, 4) is 11.4 Å². The number of piperidine rings is 1. The molecule has 6 heteroatoms. The number of hydrogen-bond donors (Lipinski definition) is 0. The van der Waals surface area contributed by atoms with Crippen molar-refractivity contribution in [2.75, 3.05) is 13.1 Å². The SMILES string of the molecule is CC(C)c1ccc(-c2noc([C@H]3CCCN(C(=O)c4ccc(Br)cc4)C3)n2)cc1. The molecule has 1 saturated heterocycles. The van der Waals surface area contributed by atoms with Gasteiger partial charge in [-0.2, -0.15) is 4.98 Å². The third-order valence-electron chi connectivity index (χ3n) is 5.43. The molecular weight excluding hydrogens is 430 g/mol. The maximum atomic E-state index is 12.8. The molecule has 2 aromatic carbocycles. The van der Waals surface area contributed by atoms with Crippen LogP contribution in [-0.2, 0) is 0 Å². The molecule has 150 valence electrons. The summed E-state index contributed by atoms with van der Waals surface area (Å²) in [5, 5.41) is 4.18. The largest absolute Gasteiger partial charge is 0.339 e. The molecule has 1 amide bonds. The molecule has 1 atom stereocenters. The lowest BCUT2D eigenvalue weighted by atomic mass is 9.97. The first-order valence-electron chi connectivity index (χ1n) is 10.00. The number of hydrogen-bond acceptors (Lipinski definition) is 4. The minimum absolute atomic E-state index is 0.0474. The van der Waals surface area contributed by atoms with Crippen molar-refractivity contribution >= 4 is 21.8 Å². The van der Waals surface area contributed by atoms with Gasteiger partial charge >= 0.3 is 0 Å². The zero-order chi connectivity index (χ0) is 20.4. The number of rotatable bonds is 4. The Morgan fingerprint density at radius 1 is 1.14 bits per heavy atom. The van der Waals surface area contributed by atoms with Crippen molar-refractivity contribution in [2.24, 2.45) is 0 Å². The van der Waals surface area contributed by atoms with Crippen LogP contribution >= 0.6 is 15.9 Å². The summed E-state index contributed by atoms with van der Waals surface area (Å²) in [5.41, 5.74) is 2.93. The smallest absolute Gasteiger partial charge is 0.253 e. The van der Waals surface area contributed by atoms with Gasteiger partial charge in [0.1, 0.15) is 0 Å². The van der Waals surface area contributed by atoms with Gasteiger partial charge in [0.2, 0.25) is 11.7 Å². The molecule has 29 heavy (non-hydrogen) atoms. The van der Waals surface area contributed by atoms with E-state index in [4.69, 9.17) is 4.52 Å². The third-order valence-corrected chi connectivity index (χ3v) is 5.95. The van der Waals surface area contributed by atoms with Gasteiger partial charge < -0.3 is 9.42 Å². The van der Waals surface area contributed by atoms with Crippen molar-refractivity contribution in [2.45, 2.75) is 38.5 Å². The van der Waals surface area contributed by atoms with E-state index in [1.807, 2.05) is 41.3 Å². The molecule has 4 rings (SSSR count). The summed E-state index contributed by atoms with van der Waals surface area (Å²) in [6.45, 7) is 5.70. The van der Waals surface area contributed by atoms with Gasteiger partial charge in [-0.25, -0.2) is 0 Å². The van der Waals surface area contributed by atoms with Crippen LogP contribution in [0.1, 0.15) is 60.3 Å². The monoisotopic (exact) mass is 453 g/mol. The lowest BCUT2D eigenvalue weighted by Crippen LogP contribution is -2.39. The van der Waals surface area contributed by atoms with Gasteiger partial charge in [-0.3, -0.25) is 4.79 Å². The Morgan fingerprint density at radius 2 is 1.86 bits per heavy atom. The van der Waals surface area contributed by atoms with Gasteiger partial charge in [0, 0.05) is 28.7 Å². The average molecular weight is 454 g/mol. The molecule has 2 heterocycles. The highest BCUT2D eigenvalue weighted by atomic mass is 79.9. The Labute approximate surface area is 179 Å². The Bertz CT molecular complexity index is 980. The van der Waals surface area contributed by atoms with E-state index in [0.29, 0.717) is 29.7 Å². The summed E-state index contributed by atoms with van der Waals surface area (Å²) in [6.07, 6.45) is 1.87. The molecule has 1 fully saturated rings. The first-order chi connectivity index (χ1) is 14.0. The minimum atomic E-state index is 0.0474. The summed E-state index contributed by atoms with van der Waals surface area (Å²) in [7, 11) is 0. The van der Waals surface area contributed by atoms with E-state index in [2.05, 4.69) is 52.1 Å². The van der Waals surface area contributed by atoms with Crippen molar-refractivity contribution in [1.82, 2.24) is 15.0 Å². The first-order valence-corrected chi connectivity index (χ1v) is 10.8. The highest BCUT2D eigenvalue weighted by Crippen LogP contribution is 2.29. The predicted octanol–water partition coefficient (Wildman–Crippen LogP) is 5.64. The average Bonchev–Trinajstić information content (AvgIpc) is 3.24. The normalized spacial score (nSPS) is 17.0. The molecule has 0 radical (unpaired) electrons. The van der Waals surface area contributed by atoms with Gasteiger partial charge in [0.05, 0.1) is 5.92 Å². The van der Waals surface area contributed by atoms with Crippen LogP contribution in [0.2, 0.25) is 0 Å². The fraction of sp³-hybridized carbons (Fsp3) is 0.348. The van der Waals surface area contributed by atoms with Gasteiger partial charge in [-0.1, -0.05) is 59.2 Å². The topological polar surface area (TPSA) is 59.2 Å². The van der Waals surface area contributed by atoms with Gasteiger partial charge in [-0.15, -0.1) is 0 Å². The molecular formula is C23H24BrN3O2. The summed E-state index contributed by atoms with van der Waals surface area (Å²) in [5.74, 6) is 1.82. The second-order valence-corrected chi connectivity index (χ2v) is 8.75. The molecule has 3 aromatic rings. The lowest BCUT2D eigenvalue weighted by Gasteiger charge is -2.31. The Hall–Kier alpha value is -2.47. The minimum Gasteiger partial charge on any atom is -0.339 e. The molecule has 5 nitrogen and oxygen atoms in total. The number of nitrogens with zero attached hydrogens (tertiary/aromatic N) is 3. The Kier molecular flexibility index (Phi) is 5.81. The highest BCUT2D eigenvalue weighted by Gasteiger charge is 2.29.